The zero-order valence-corrected chi connectivity index (χ0v) is 13.9. The van der Waals surface area contributed by atoms with Crippen molar-refractivity contribution in [2.75, 3.05) is 13.7 Å². The van der Waals surface area contributed by atoms with Gasteiger partial charge in [-0.3, -0.25) is 14.9 Å². The maximum atomic E-state index is 12.1. The van der Waals surface area contributed by atoms with Crippen LogP contribution in [0.25, 0.3) is 6.08 Å². The van der Waals surface area contributed by atoms with Crippen LogP contribution in [0.5, 0.6) is 0 Å². The topological polar surface area (TPSA) is 151 Å². The highest BCUT2D eigenvalue weighted by Gasteiger charge is 2.44. The summed E-state index contributed by atoms with van der Waals surface area (Å²) in [6.45, 7) is -0.515. The molecule has 10 heteroatoms. The van der Waals surface area contributed by atoms with Gasteiger partial charge < -0.3 is 30.1 Å². The van der Waals surface area contributed by atoms with Crippen LogP contribution in [0.3, 0.4) is 0 Å². The van der Waals surface area contributed by atoms with Gasteiger partial charge in [0.05, 0.1) is 11.5 Å². The van der Waals surface area contributed by atoms with Gasteiger partial charge in [-0.15, -0.1) is 0 Å². The molecule has 1 aromatic carbocycles. The predicted octanol–water partition coefficient (Wildman–Crippen LogP) is -0.822. The van der Waals surface area contributed by atoms with Crippen LogP contribution in [-0.4, -0.2) is 70.5 Å². The number of non-ortho nitro benzene ring substituents is 1. The second kappa shape index (κ2) is 8.83. The predicted molar refractivity (Wildman–Crippen MR) is 88.8 cm³/mol. The van der Waals surface area contributed by atoms with E-state index in [2.05, 4.69) is 5.32 Å². The van der Waals surface area contributed by atoms with Crippen LogP contribution in [0.1, 0.15) is 5.56 Å². The molecule has 10 nitrogen and oxygen atoms in total. The van der Waals surface area contributed by atoms with Crippen LogP contribution in [0.2, 0.25) is 0 Å². The van der Waals surface area contributed by atoms with E-state index in [1.54, 1.807) is 0 Å². The van der Waals surface area contributed by atoms with Crippen LogP contribution in [0.15, 0.2) is 30.3 Å². The molecule has 1 aliphatic rings. The average Bonchev–Trinajstić information content (AvgIpc) is 2.64. The van der Waals surface area contributed by atoms with Gasteiger partial charge in [-0.1, -0.05) is 0 Å². The number of amides is 1. The first-order valence-corrected chi connectivity index (χ1v) is 7.75. The van der Waals surface area contributed by atoms with E-state index in [1.807, 2.05) is 0 Å². The minimum Gasteiger partial charge on any atom is -0.394 e. The summed E-state index contributed by atoms with van der Waals surface area (Å²) in [4.78, 5) is 22.1. The second-order valence-corrected chi connectivity index (χ2v) is 5.66. The van der Waals surface area contributed by atoms with Crippen molar-refractivity contribution >= 4 is 17.7 Å². The summed E-state index contributed by atoms with van der Waals surface area (Å²) in [5.74, 6) is -0.590. The number of carbonyl (C=O) groups excluding carboxylic acids is 1. The lowest BCUT2D eigenvalue weighted by Gasteiger charge is -2.41. The summed E-state index contributed by atoms with van der Waals surface area (Å²) < 4.78 is 10.3. The number of benzene rings is 1. The summed E-state index contributed by atoms with van der Waals surface area (Å²) in [6.07, 6.45) is -2.27. The minimum atomic E-state index is -1.40. The number of hydrogen-bond donors (Lipinski definition) is 4. The quantitative estimate of drug-likeness (QED) is 0.289. The maximum absolute atomic E-state index is 12.1. The zero-order valence-electron chi connectivity index (χ0n) is 13.9. The first kappa shape index (κ1) is 19.9. The maximum Gasteiger partial charge on any atom is 0.269 e. The van der Waals surface area contributed by atoms with Gasteiger partial charge in [0.25, 0.3) is 5.69 Å². The summed E-state index contributed by atoms with van der Waals surface area (Å²) in [7, 11) is 1.30. The van der Waals surface area contributed by atoms with Crippen LogP contribution in [0.4, 0.5) is 5.69 Å². The van der Waals surface area contributed by atoms with E-state index < -0.39 is 48.1 Å². The molecule has 1 saturated heterocycles. The zero-order chi connectivity index (χ0) is 19.3. The number of nitro benzene ring substituents is 1. The minimum absolute atomic E-state index is 0.0653. The monoisotopic (exact) mass is 368 g/mol. The van der Waals surface area contributed by atoms with E-state index in [4.69, 9.17) is 14.6 Å². The molecule has 2 rings (SSSR count). The molecule has 5 atom stereocenters. The molecular formula is C16H20N2O8. The van der Waals surface area contributed by atoms with Gasteiger partial charge in [-0.25, -0.2) is 0 Å². The van der Waals surface area contributed by atoms with Crippen LogP contribution in [-0.2, 0) is 14.3 Å². The number of aliphatic hydroxyl groups excluding tert-OH is 3. The summed E-state index contributed by atoms with van der Waals surface area (Å²) in [5.41, 5.74) is 0.499. The Hall–Kier alpha value is -2.37. The highest BCUT2D eigenvalue weighted by molar-refractivity contribution is 5.92. The first-order valence-electron chi connectivity index (χ1n) is 7.75. The van der Waals surface area contributed by atoms with Crippen molar-refractivity contribution in [3.8, 4) is 0 Å². The highest BCUT2D eigenvalue weighted by Crippen LogP contribution is 2.21. The van der Waals surface area contributed by atoms with Crippen molar-refractivity contribution in [1.29, 1.82) is 0 Å². The molecular weight excluding hydrogens is 348 g/mol. The molecule has 142 valence electrons. The third kappa shape index (κ3) is 4.62. The van der Waals surface area contributed by atoms with Crippen molar-refractivity contribution < 1.29 is 34.5 Å². The lowest BCUT2D eigenvalue weighted by Crippen LogP contribution is -2.64. The number of methoxy groups -OCH3 is 1. The lowest BCUT2D eigenvalue weighted by molar-refractivity contribution is -0.384. The van der Waals surface area contributed by atoms with Gasteiger partial charge in [0.15, 0.2) is 6.29 Å². The Morgan fingerprint density at radius 1 is 1.35 bits per heavy atom. The number of aliphatic hydroxyl groups is 3. The third-order valence-corrected chi connectivity index (χ3v) is 3.95. The number of nitrogens with one attached hydrogen (secondary N) is 1. The fourth-order valence-electron chi connectivity index (χ4n) is 2.53. The van der Waals surface area contributed by atoms with Crippen LogP contribution >= 0.6 is 0 Å². The Morgan fingerprint density at radius 3 is 2.54 bits per heavy atom. The fraction of sp³-hybridized carbons (Fsp3) is 0.438. The molecule has 1 aliphatic heterocycles. The lowest BCUT2D eigenvalue weighted by atomic mass is 9.97. The fourth-order valence-corrected chi connectivity index (χ4v) is 2.53. The SMILES string of the molecule is COC1OC(CO)C(O)C(O)C1NC(=O)/C=C/c1ccc([N+](=O)[O-])cc1. The molecule has 0 aromatic heterocycles. The average molecular weight is 368 g/mol. The number of ether oxygens (including phenoxy) is 2. The van der Waals surface area contributed by atoms with E-state index in [0.717, 1.165) is 0 Å². The summed E-state index contributed by atoms with van der Waals surface area (Å²) in [6, 6.07) is 4.53. The Balaban J connectivity index is 2.02. The molecule has 1 fully saturated rings. The Kier molecular flexibility index (Phi) is 6.77. The van der Waals surface area contributed by atoms with Gasteiger partial charge in [0.2, 0.25) is 5.91 Å². The normalized spacial score (nSPS) is 28.8. The van der Waals surface area contributed by atoms with E-state index in [0.29, 0.717) is 5.56 Å². The first-order chi connectivity index (χ1) is 12.4. The molecule has 0 saturated carbocycles. The van der Waals surface area contributed by atoms with Crippen molar-refractivity contribution in [1.82, 2.24) is 5.32 Å². The van der Waals surface area contributed by atoms with Crippen molar-refractivity contribution in [3.63, 3.8) is 0 Å². The molecule has 5 unspecified atom stereocenters. The van der Waals surface area contributed by atoms with Gasteiger partial charge in [-0.2, -0.15) is 0 Å². The van der Waals surface area contributed by atoms with E-state index >= 15 is 0 Å². The van der Waals surface area contributed by atoms with Gasteiger partial charge in [-0.05, 0) is 23.8 Å². The van der Waals surface area contributed by atoms with Crippen molar-refractivity contribution in [2.24, 2.45) is 0 Å². The molecule has 1 aromatic rings. The number of carbonyl (C=O) groups is 1. The number of rotatable bonds is 6. The summed E-state index contributed by atoms with van der Waals surface area (Å²) >= 11 is 0. The third-order valence-electron chi connectivity index (χ3n) is 3.95. The largest absolute Gasteiger partial charge is 0.394 e. The Labute approximate surface area is 148 Å². The second-order valence-electron chi connectivity index (χ2n) is 5.66. The van der Waals surface area contributed by atoms with Gasteiger partial charge in [0, 0.05) is 25.3 Å². The smallest absolute Gasteiger partial charge is 0.269 e. The number of nitro groups is 1. The molecule has 0 spiro atoms. The van der Waals surface area contributed by atoms with E-state index in [-0.39, 0.29) is 5.69 Å². The van der Waals surface area contributed by atoms with Gasteiger partial charge >= 0.3 is 0 Å². The van der Waals surface area contributed by atoms with Crippen LogP contribution < -0.4 is 5.32 Å². The molecule has 26 heavy (non-hydrogen) atoms. The van der Waals surface area contributed by atoms with Crippen molar-refractivity contribution in [2.45, 2.75) is 30.6 Å². The molecule has 4 N–H and O–H groups in total. The molecule has 0 aliphatic carbocycles. The molecule has 1 heterocycles. The van der Waals surface area contributed by atoms with Crippen LogP contribution in [0, 0.1) is 10.1 Å². The van der Waals surface area contributed by atoms with Crippen molar-refractivity contribution in [3.05, 3.63) is 46.0 Å². The standard InChI is InChI=1S/C16H20N2O8/c1-25-16-13(15(22)14(21)11(8-19)26-16)17-12(20)7-4-9-2-5-10(6-3-9)18(23)24/h2-7,11,13-16,19,21-22H,8H2,1H3,(H,17,20)/b7-4+. The van der Waals surface area contributed by atoms with E-state index in [1.165, 1.54) is 43.5 Å². The highest BCUT2D eigenvalue weighted by atomic mass is 16.7. The Morgan fingerprint density at radius 2 is 2.00 bits per heavy atom. The van der Waals surface area contributed by atoms with Gasteiger partial charge in [0.1, 0.15) is 24.4 Å². The van der Waals surface area contributed by atoms with E-state index in [9.17, 15) is 25.1 Å². The number of nitrogens with zero attached hydrogens (tertiary/aromatic N) is 1. The molecule has 1 amide bonds. The summed E-state index contributed by atoms with van der Waals surface area (Å²) in [5, 5.41) is 42.2. The molecule has 0 radical (unpaired) electrons. The number of hydrogen-bond acceptors (Lipinski definition) is 8. The molecule has 0 bridgehead atoms. The Bertz CT molecular complexity index is 661.